The van der Waals surface area contributed by atoms with E-state index in [0.29, 0.717) is 16.8 Å². The first kappa shape index (κ1) is 28.4. The molecule has 9 heteroatoms. The van der Waals surface area contributed by atoms with Crippen LogP contribution in [-0.2, 0) is 22.4 Å². The Morgan fingerprint density at radius 2 is 1.56 bits per heavy atom. The van der Waals surface area contributed by atoms with Gasteiger partial charge >= 0.3 is 6.03 Å². The van der Waals surface area contributed by atoms with Gasteiger partial charge in [-0.2, -0.15) is 0 Å². The molecule has 1 fully saturated rings. The van der Waals surface area contributed by atoms with Crippen LogP contribution in [0, 0.1) is 27.7 Å². The molecule has 2 aromatic carbocycles. The van der Waals surface area contributed by atoms with Crippen molar-refractivity contribution in [2.75, 3.05) is 10.2 Å². The van der Waals surface area contributed by atoms with E-state index in [-0.39, 0.29) is 11.5 Å². The number of amides is 5. The van der Waals surface area contributed by atoms with Crippen molar-refractivity contribution in [1.82, 2.24) is 9.88 Å². The van der Waals surface area contributed by atoms with E-state index in [1.807, 2.05) is 62.6 Å². The maximum Gasteiger partial charge on any atom is 0.335 e. The molecule has 2 N–H and O–H groups in total. The standard InChI is InChI=1S/C34H32N4O4S/c1-19-9-13-24(14-10-19)35-31(40)29-26-7-5-6-8-28(26)43-33(29)37-21(3)17-23(22(37)4)18-27-30(39)36-34(42)38(32(27)41)25-15-11-20(2)12-16-25/h9-18H,5-8H2,1-4H3,(H,35,40)(H,36,39,42)/b27-18+. The molecular weight excluding hydrogens is 560 g/mol. The van der Waals surface area contributed by atoms with Crippen molar-refractivity contribution < 1.29 is 19.2 Å². The first-order chi connectivity index (χ1) is 20.6. The smallest absolute Gasteiger partial charge is 0.322 e. The molecule has 0 unspecified atom stereocenters. The van der Waals surface area contributed by atoms with E-state index in [1.165, 1.54) is 11.0 Å². The van der Waals surface area contributed by atoms with Crippen molar-refractivity contribution in [3.05, 3.63) is 104 Å². The van der Waals surface area contributed by atoms with Gasteiger partial charge in [0.05, 0.1) is 11.3 Å². The first-order valence-corrected chi connectivity index (χ1v) is 15.1. The van der Waals surface area contributed by atoms with Crippen molar-refractivity contribution in [1.29, 1.82) is 0 Å². The predicted octanol–water partition coefficient (Wildman–Crippen LogP) is 6.57. The van der Waals surface area contributed by atoms with Crippen molar-refractivity contribution >= 4 is 52.5 Å². The van der Waals surface area contributed by atoms with Gasteiger partial charge in [-0.3, -0.25) is 19.7 Å². The molecule has 1 aliphatic carbocycles. The second-order valence-electron chi connectivity index (χ2n) is 11.2. The highest BCUT2D eigenvalue weighted by Crippen LogP contribution is 2.39. The van der Waals surface area contributed by atoms with Crippen molar-refractivity contribution in [2.24, 2.45) is 0 Å². The van der Waals surface area contributed by atoms with Crippen molar-refractivity contribution in [3.8, 4) is 5.00 Å². The number of thiophene rings is 1. The lowest BCUT2D eigenvalue weighted by molar-refractivity contribution is -0.122. The normalized spacial score (nSPS) is 16.0. The van der Waals surface area contributed by atoms with Crippen LogP contribution < -0.4 is 15.5 Å². The number of benzene rings is 2. The zero-order valence-corrected chi connectivity index (χ0v) is 25.4. The number of barbiturate groups is 1. The molecule has 1 aliphatic heterocycles. The quantitative estimate of drug-likeness (QED) is 0.202. The Balaban J connectivity index is 1.40. The van der Waals surface area contributed by atoms with Crippen molar-refractivity contribution in [2.45, 2.75) is 53.4 Å². The van der Waals surface area contributed by atoms with E-state index in [9.17, 15) is 19.2 Å². The molecule has 2 aromatic heterocycles. The minimum absolute atomic E-state index is 0.136. The number of carbonyl (C=O) groups excluding carboxylic acids is 4. The Hall–Kier alpha value is -4.76. The largest absolute Gasteiger partial charge is 0.335 e. The highest BCUT2D eigenvalue weighted by atomic mass is 32.1. The highest BCUT2D eigenvalue weighted by Gasteiger charge is 2.37. The number of nitrogens with zero attached hydrogens (tertiary/aromatic N) is 2. The summed E-state index contributed by atoms with van der Waals surface area (Å²) in [5.74, 6) is -1.58. The number of carbonyl (C=O) groups is 4. The van der Waals surface area contributed by atoms with E-state index >= 15 is 0 Å². The van der Waals surface area contributed by atoms with Crippen molar-refractivity contribution in [3.63, 3.8) is 0 Å². The number of aryl methyl sites for hydroxylation is 4. The Bertz CT molecular complexity index is 1830. The summed E-state index contributed by atoms with van der Waals surface area (Å²) >= 11 is 1.63. The lowest BCUT2D eigenvalue weighted by atomic mass is 9.95. The minimum atomic E-state index is -0.783. The van der Waals surface area contributed by atoms with Gasteiger partial charge in [0.25, 0.3) is 17.7 Å². The molecule has 1 saturated heterocycles. The molecule has 218 valence electrons. The Morgan fingerprint density at radius 1 is 0.907 bits per heavy atom. The fourth-order valence-electron chi connectivity index (χ4n) is 5.76. The molecule has 5 amide bonds. The second kappa shape index (κ2) is 11.1. The summed E-state index contributed by atoms with van der Waals surface area (Å²) in [5, 5.41) is 6.22. The van der Waals surface area contributed by atoms with Gasteiger partial charge in [0.2, 0.25) is 0 Å². The number of aromatic nitrogens is 1. The van der Waals surface area contributed by atoms with Gasteiger partial charge in [0, 0.05) is 22.0 Å². The molecule has 0 radical (unpaired) electrons. The molecular formula is C34H32N4O4S. The third-order valence-electron chi connectivity index (χ3n) is 8.06. The molecule has 8 nitrogen and oxygen atoms in total. The molecule has 6 rings (SSSR count). The summed E-state index contributed by atoms with van der Waals surface area (Å²) in [4.78, 5) is 55.1. The lowest BCUT2D eigenvalue weighted by Gasteiger charge is -2.26. The van der Waals surface area contributed by atoms with Crippen LogP contribution in [0.4, 0.5) is 16.2 Å². The summed E-state index contributed by atoms with van der Waals surface area (Å²) < 4.78 is 2.04. The van der Waals surface area contributed by atoms with Crippen LogP contribution in [0.5, 0.6) is 0 Å². The van der Waals surface area contributed by atoms with Crippen LogP contribution in [-0.4, -0.2) is 28.3 Å². The summed E-state index contributed by atoms with van der Waals surface area (Å²) in [5.41, 5.74) is 7.15. The molecule has 3 heterocycles. The van der Waals surface area contributed by atoms with Gasteiger partial charge in [-0.1, -0.05) is 35.4 Å². The summed E-state index contributed by atoms with van der Waals surface area (Å²) in [6.07, 6.45) is 5.42. The molecule has 0 saturated carbocycles. The van der Waals surface area contributed by atoms with Gasteiger partial charge in [-0.05, 0) is 101 Å². The monoisotopic (exact) mass is 592 g/mol. The van der Waals surface area contributed by atoms with Gasteiger partial charge < -0.3 is 9.88 Å². The minimum Gasteiger partial charge on any atom is -0.322 e. The third kappa shape index (κ3) is 5.21. The molecule has 0 bridgehead atoms. The summed E-state index contributed by atoms with van der Waals surface area (Å²) in [6.45, 7) is 7.77. The topological polar surface area (TPSA) is 101 Å². The van der Waals surface area contributed by atoms with E-state index in [0.717, 1.165) is 69.3 Å². The molecule has 2 aliphatic rings. The predicted molar refractivity (Wildman–Crippen MR) is 169 cm³/mol. The Morgan fingerprint density at radius 3 is 2.26 bits per heavy atom. The van der Waals surface area contributed by atoms with Gasteiger partial charge in [0.1, 0.15) is 10.6 Å². The first-order valence-electron chi connectivity index (χ1n) is 14.3. The van der Waals surface area contributed by atoms with Crippen LogP contribution in [0.3, 0.4) is 0 Å². The zero-order valence-electron chi connectivity index (χ0n) is 24.5. The maximum atomic E-state index is 13.8. The number of rotatable bonds is 5. The Kier molecular flexibility index (Phi) is 7.35. The lowest BCUT2D eigenvalue weighted by Crippen LogP contribution is -2.54. The number of hydrogen-bond acceptors (Lipinski definition) is 5. The number of urea groups is 1. The molecule has 0 spiro atoms. The number of anilines is 2. The third-order valence-corrected chi connectivity index (χ3v) is 9.33. The SMILES string of the molecule is Cc1ccc(NC(=O)c2c(-n3c(C)cc(/C=C4\C(=O)NC(=O)N(c5ccc(C)cc5)C4=O)c3C)sc3c2CCCC3)cc1. The zero-order chi connectivity index (χ0) is 30.4. The summed E-state index contributed by atoms with van der Waals surface area (Å²) in [6, 6.07) is 15.8. The van der Waals surface area contributed by atoms with E-state index < -0.39 is 17.8 Å². The number of imide groups is 2. The number of nitrogens with one attached hydrogen (secondary N) is 2. The average molecular weight is 593 g/mol. The van der Waals surface area contributed by atoms with E-state index in [2.05, 4.69) is 10.6 Å². The second-order valence-corrected chi connectivity index (χ2v) is 12.3. The van der Waals surface area contributed by atoms with E-state index in [1.54, 1.807) is 35.6 Å². The molecule has 43 heavy (non-hydrogen) atoms. The average Bonchev–Trinajstić information content (AvgIpc) is 3.48. The van der Waals surface area contributed by atoms with Gasteiger partial charge in [-0.25, -0.2) is 9.69 Å². The van der Waals surface area contributed by atoms with E-state index in [4.69, 9.17) is 0 Å². The molecule has 0 atom stereocenters. The molecule has 4 aromatic rings. The number of hydrogen-bond donors (Lipinski definition) is 2. The summed E-state index contributed by atoms with van der Waals surface area (Å²) in [7, 11) is 0. The van der Waals surface area contributed by atoms with Gasteiger partial charge in [0.15, 0.2) is 0 Å². The Labute approximate surface area is 254 Å². The van der Waals surface area contributed by atoms with Crippen LogP contribution >= 0.6 is 11.3 Å². The van der Waals surface area contributed by atoms with Crippen LogP contribution in [0.25, 0.3) is 11.1 Å². The fourth-order valence-corrected chi connectivity index (χ4v) is 7.26. The maximum absolute atomic E-state index is 13.8. The highest BCUT2D eigenvalue weighted by molar-refractivity contribution is 7.15. The fraction of sp³-hybridized carbons (Fsp3) is 0.235. The van der Waals surface area contributed by atoms with Crippen LogP contribution in [0.15, 0.2) is 60.2 Å². The van der Waals surface area contributed by atoms with Crippen LogP contribution in [0.1, 0.15) is 61.7 Å². The van der Waals surface area contributed by atoms with Crippen LogP contribution in [0.2, 0.25) is 0 Å². The van der Waals surface area contributed by atoms with Gasteiger partial charge in [-0.15, -0.1) is 11.3 Å². The number of fused-ring (bicyclic) bond motifs is 1.